The number of benzene rings is 1. The second-order valence-corrected chi connectivity index (χ2v) is 8.10. The maximum atomic E-state index is 12.8. The molecule has 1 saturated heterocycles. The predicted molar refractivity (Wildman–Crippen MR) is 134 cm³/mol. The van der Waals surface area contributed by atoms with E-state index in [-0.39, 0.29) is 18.4 Å². The molecule has 1 aromatic carbocycles. The average Bonchev–Trinajstić information content (AvgIpc) is 2.88. The molecule has 0 bridgehead atoms. The van der Waals surface area contributed by atoms with Crippen molar-refractivity contribution in [3.05, 3.63) is 54.9 Å². The molecule has 2 amide bonds. The van der Waals surface area contributed by atoms with Crippen molar-refractivity contribution in [2.24, 2.45) is 0 Å². The van der Waals surface area contributed by atoms with E-state index in [0.29, 0.717) is 36.5 Å². The minimum Gasteiger partial charge on any atom is -0.368 e. The Morgan fingerprint density at radius 2 is 1.63 bits per heavy atom. The molecule has 2 aromatic heterocycles. The highest BCUT2D eigenvalue weighted by molar-refractivity contribution is 5.92. The van der Waals surface area contributed by atoms with Gasteiger partial charge in [-0.05, 0) is 6.07 Å². The lowest BCUT2D eigenvalue weighted by molar-refractivity contribution is -0.119. The highest BCUT2D eigenvalue weighted by Gasteiger charge is 2.21. The van der Waals surface area contributed by atoms with Gasteiger partial charge in [0.05, 0.1) is 6.54 Å². The molecule has 0 aliphatic carbocycles. The molecular weight excluding hydrogens is 446 g/mol. The average molecular weight is 476 g/mol. The van der Waals surface area contributed by atoms with Crippen molar-refractivity contribution in [2.45, 2.75) is 6.92 Å². The smallest absolute Gasteiger partial charge is 0.239 e. The SMILES string of the molecule is CC(=O)NCCNc1cc(NC(=O)CN2CCN(c3ncccn3)CC2)nc(-c2ccccc2)n1. The highest BCUT2D eigenvalue weighted by atomic mass is 16.2. The number of hydrogen-bond donors (Lipinski definition) is 3. The van der Waals surface area contributed by atoms with Crippen LogP contribution in [0.25, 0.3) is 11.4 Å². The normalized spacial score (nSPS) is 13.8. The van der Waals surface area contributed by atoms with Crippen LogP contribution in [0.3, 0.4) is 0 Å². The van der Waals surface area contributed by atoms with Gasteiger partial charge in [0.15, 0.2) is 5.82 Å². The fourth-order valence-corrected chi connectivity index (χ4v) is 3.69. The molecule has 4 rings (SSSR count). The second kappa shape index (κ2) is 11.8. The van der Waals surface area contributed by atoms with Crippen molar-refractivity contribution in [1.82, 2.24) is 30.2 Å². The molecule has 0 atom stereocenters. The molecule has 11 nitrogen and oxygen atoms in total. The summed E-state index contributed by atoms with van der Waals surface area (Å²) in [5.74, 6) is 1.96. The number of piperazine rings is 1. The predicted octanol–water partition coefficient (Wildman–Crippen LogP) is 1.24. The van der Waals surface area contributed by atoms with E-state index in [0.717, 1.165) is 31.7 Å². The number of carbonyl (C=O) groups is 2. The molecular formula is C24H29N9O2. The number of carbonyl (C=O) groups excluding carboxylic acids is 2. The number of hydrogen-bond acceptors (Lipinski definition) is 9. The van der Waals surface area contributed by atoms with Crippen molar-refractivity contribution in [3.63, 3.8) is 0 Å². The Morgan fingerprint density at radius 3 is 2.34 bits per heavy atom. The molecule has 3 N–H and O–H groups in total. The molecule has 1 aliphatic rings. The summed E-state index contributed by atoms with van der Waals surface area (Å²) in [6.45, 7) is 5.67. The van der Waals surface area contributed by atoms with Crippen LogP contribution in [0.2, 0.25) is 0 Å². The summed E-state index contributed by atoms with van der Waals surface area (Å²) in [7, 11) is 0. The quantitative estimate of drug-likeness (QED) is 0.392. The fraction of sp³-hybridized carbons (Fsp3) is 0.333. The van der Waals surface area contributed by atoms with Crippen LogP contribution in [0.15, 0.2) is 54.9 Å². The minimum atomic E-state index is -0.142. The Balaban J connectivity index is 1.37. The molecule has 0 spiro atoms. The van der Waals surface area contributed by atoms with Crippen LogP contribution >= 0.6 is 0 Å². The highest BCUT2D eigenvalue weighted by Crippen LogP contribution is 2.20. The number of rotatable bonds is 9. The molecule has 0 unspecified atom stereocenters. The topological polar surface area (TPSA) is 128 Å². The summed E-state index contributed by atoms with van der Waals surface area (Å²) in [4.78, 5) is 45.8. The van der Waals surface area contributed by atoms with Crippen LogP contribution in [0.4, 0.5) is 17.6 Å². The zero-order valence-corrected chi connectivity index (χ0v) is 19.6. The zero-order chi connectivity index (χ0) is 24.5. The van der Waals surface area contributed by atoms with Crippen molar-refractivity contribution in [1.29, 1.82) is 0 Å². The first kappa shape index (κ1) is 24.0. The summed E-state index contributed by atoms with van der Waals surface area (Å²) >= 11 is 0. The van der Waals surface area contributed by atoms with Gasteiger partial charge in [-0.15, -0.1) is 0 Å². The molecule has 3 heterocycles. The van der Waals surface area contributed by atoms with Crippen molar-refractivity contribution in [3.8, 4) is 11.4 Å². The third-order valence-corrected chi connectivity index (χ3v) is 5.41. The first-order valence-corrected chi connectivity index (χ1v) is 11.5. The van der Waals surface area contributed by atoms with E-state index in [1.807, 2.05) is 30.3 Å². The van der Waals surface area contributed by atoms with Crippen molar-refractivity contribution in [2.75, 3.05) is 61.3 Å². The van der Waals surface area contributed by atoms with Gasteiger partial charge in [0.2, 0.25) is 17.8 Å². The van der Waals surface area contributed by atoms with Crippen LogP contribution in [0.1, 0.15) is 6.92 Å². The van der Waals surface area contributed by atoms with Crippen LogP contribution in [0, 0.1) is 0 Å². The van der Waals surface area contributed by atoms with E-state index in [9.17, 15) is 9.59 Å². The Morgan fingerprint density at radius 1 is 0.914 bits per heavy atom. The van der Waals surface area contributed by atoms with Gasteiger partial charge in [-0.25, -0.2) is 19.9 Å². The summed E-state index contributed by atoms with van der Waals surface area (Å²) in [5.41, 5.74) is 0.841. The van der Waals surface area contributed by atoms with E-state index in [1.165, 1.54) is 6.92 Å². The summed E-state index contributed by atoms with van der Waals surface area (Å²) in [5, 5.41) is 8.83. The lowest BCUT2D eigenvalue weighted by Crippen LogP contribution is -2.49. The minimum absolute atomic E-state index is 0.0930. The molecule has 0 saturated carbocycles. The maximum Gasteiger partial charge on any atom is 0.239 e. The Labute approximate surface area is 204 Å². The van der Waals surface area contributed by atoms with Crippen molar-refractivity contribution < 1.29 is 9.59 Å². The van der Waals surface area contributed by atoms with Crippen LogP contribution in [-0.2, 0) is 9.59 Å². The number of nitrogens with one attached hydrogen (secondary N) is 3. The van der Waals surface area contributed by atoms with Crippen molar-refractivity contribution >= 4 is 29.4 Å². The third kappa shape index (κ3) is 7.18. The van der Waals surface area contributed by atoms with E-state index >= 15 is 0 Å². The second-order valence-electron chi connectivity index (χ2n) is 8.10. The third-order valence-electron chi connectivity index (χ3n) is 5.41. The molecule has 1 fully saturated rings. The Hall–Kier alpha value is -4.12. The number of anilines is 3. The molecule has 3 aromatic rings. The molecule has 35 heavy (non-hydrogen) atoms. The van der Waals surface area contributed by atoms with E-state index < -0.39 is 0 Å². The van der Waals surface area contributed by atoms with Gasteiger partial charge >= 0.3 is 0 Å². The number of nitrogens with zero attached hydrogens (tertiary/aromatic N) is 6. The zero-order valence-electron chi connectivity index (χ0n) is 19.6. The Kier molecular flexibility index (Phi) is 8.12. The van der Waals surface area contributed by atoms with Crippen LogP contribution in [-0.4, -0.2) is 82.5 Å². The number of aromatic nitrogens is 4. The molecule has 0 radical (unpaired) electrons. The maximum absolute atomic E-state index is 12.8. The summed E-state index contributed by atoms with van der Waals surface area (Å²) in [6.07, 6.45) is 3.47. The van der Waals surface area contributed by atoms with Gasteiger partial charge in [-0.2, -0.15) is 0 Å². The van der Waals surface area contributed by atoms with Gasteiger partial charge in [0.1, 0.15) is 11.6 Å². The van der Waals surface area contributed by atoms with Gasteiger partial charge in [-0.3, -0.25) is 14.5 Å². The summed E-state index contributed by atoms with van der Waals surface area (Å²) < 4.78 is 0. The standard InChI is InChI=1S/C24H29N9O2/c1-18(34)25-10-11-26-20-16-21(31-23(30-20)19-6-3-2-4-7-19)29-22(35)17-32-12-14-33(15-13-32)24-27-8-5-9-28-24/h2-9,16H,10-15,17H2,1H3,(H,25,34)(H2,26,29,30,31,35). The fourth-order valence-electron chi connectivity index (χ4n) is 3.69. The van der Waals surface area contributed by atoms with E-state index in [2.05, 4.69) is 45.7 Å². The lowest BCUT2D eigenvalue weighted by atomic mass is 10.2. The van der Waals surface area contributed by atoms with E-state index in [1.54, 1.807) is 24.5 Å². The van der Waals surface area contributed by atoms with Gasteiger partial charge in [0.25, 0.3) is 0 Å². The van der Waals surface area contributed by atoms with Crippen LogP contribution in [0.5, 0.6) is 0 Å². The summed E-state index contributed by atoms with van der Waals surface area (Å²) in [6, 6.07) is 13.1. The molecule has 1 aliphatic heterocycles. The van der Waals surface area contributed by atoms with Gasteiger partial charge in [0, 0.05) is 70.2 Å². The molecule has 11 heteroatoms. The van der Waals surface area contributed by atoms with Gasteiger partial charge in [-0.1, -0.05) is 30.3 Å². The van der Waals surface area contributed by atoms with Gasteiger partial charge < -0.3 is 20.9 Å². The van der Waals surface area contributed by atoms with Crippen LogP contribution < -0.4 is 20.9 Å². The number of amides is 2. The first-order valence-electron chi connectivity index (χ1n) is 11.5. The Bertz CT molecular complexity index is 1120. The monoisotopic (exact) mass is 475 g/mol. The van der Waals surface area contributed by atoms with E-state index in [4.69, 9.17) is 0 Å². The molecule has 182 valence electrons. The first-order chi connectivity index (χ1) is 17.1. The largest absolute Gasteiger partial charge is 0.368 e. The lowest BCUT2D eigenvalue weighted by Gasteiger charge is -2.34.